The molecule has 0 spiro atoms. The van der Waals surface area contributed by atoms with Crippen LogP contribution in [0.3, 0.4) is 0 Å². The van der Waals surface area contributed by atoms with E-state index < -0.39 is 6.29 Å². The number of ether oxygens (including phenoxy) is 2. The van der Waals surface area contributed by atoms with Crippen LogP contribution >= 0.6 is 23.2 Å². The summed E-state index contributed by atoms with van der Waals surface area (Å²) in [6.07, 6.45) is -0.538. The third kappa shape index (κ3) is 3.98. The number of hydrogen-bond acceptors (Lipinski definition) is 4. The van der Waals surface area contributed by atoms with E-state index in [4.69, 9.17) is 38.4 Å². The van der Waals surface area contributed by atoms with Gasteiger partial charge in [0.2, 0.25) is 0 Å². The van der Waals surface area contributed by atoms with Crippen molar-refractivity contribution in [2.45, 2.75) is 19.3 Å². The fourth-order valence-corrected chi connectivity index (χ4v) is 2.07. The SMILES string of the molecule is COC(OC)C(C)NC(=O)c1cc(Cl)c(N)c(Cl)c1. The largest absolute Gasteiger partial charge is 0.396 e. The smallest absolute Gasteiger partial charge is 0.251 e. The van der Waals surface area contributed by atoms with Gasteiger partial charge in [0.1, 0.15) is 0 Å². The van der Waals surface area contributed by atoms with Gasteiger partial charge in [-0.1, -0.05) is 23.2 Å². The highest BCUT2D eigenvalue weighted by atomic mass is 35.5. The zero-order valence-corrected chi connectivity index (χ0v) is 12.4. The van der Waals surface area contributed by atoms with Crippen LogP contribution in [-0.2, 0) is 9.47 Å². The molecule has 0 aromatic heterocycles. The first-order valence-corrected chi connectivity index (χ1v) is 6.27. The molecule has 1 aromatic carbocycles. The predicted molar refractivity (Wildman–Crippen MR) is 75.6 cm³/mol. The first kappa shape index (κ1) is 16.0. The molecule has 106 valence electrons. The van der Waals surface area contributed by atoms with Crippen LogP contribution in [0.5, 0.6) is 0 Å². The molecule has 0 radical (unpaired) electrons. The second-order valence-electron chi connectivity index (χ2n) is 3.96. The maximum absolute atomic E-state index is 12.0. The van der Waals surface area contributed by atoms with Crippen molar-refractivity contribution in [3.05, 3.63) is 27.7 Å². The highest BCUT2D eigenvalue weighted by Gasteiger charge is 2.19. The van der Waals surface area contributed by atoms with Gasteiger partial charge in [0.25, 0.3) is 5.91 Å². The van der Waals surface area contributed by atoms with Crippen LogP contribution in [0.2, 0.25) is 10.0 Å². The quantitative estimate of drug-likeness (QED) is 0.647. The third-order valence-corrected chi connectivity index (χ3v) is 3.20. The Hall–Kier alpha value is -1.01. The normalized spacial score (nSPS) is 12.5. The van der Waals surface area contributed by atoms with E-state index in [-0.39, 0.29) is 27.7 Å². The van der Waals surface area contributed by atoms with E-state index in [1.54, 1.807) is 6.92 Å². The molecule has 3 N–H and O–H groups in total. The Bertz CT molecular complexity index is 441. The van der Waals surface area contributed by atoms with Crippen molar-refractivity contribution in [1.29, 1.82) is 0 Å². The van der Waals surface area contributed by atoms with Crippen LogP contribution < -0.4 is 11.1 Å². The van der Waals surface area contributed by atoms with Crippen LogP contribution in [0.25, 0.3) is 0 Å². The molecule has 0 fully saturated rings. The lowest BCUT2D eigenvalue weighted by Gasteiger charge is -2.22. The Morgan fingerprint density at radius 1 is 1.26 bits per heavy atom. The van der Waals surface area contributed by atoms with E-state index >= 15 is 0 Å². The van der Waals surface area contributed by atoms with E-state index in [2.05, 4.69) is 5.32 Å². The van der Waals surface area contributed by atoms with Crippen molar-refractivity contribution in [3.63, 3.8) is 0 Å². The average Bonchev–Trinajstić information content (AvgIpc) is 2.36. The molecule has 0 bridgehead atoms. The molecule has 19 heavy (non-hydrogen) atoms. The first-order valence-electron chi connectivity index (χ1n) is 5.51. The minimum absolute atomic E-state index is 0.236. The molecule has 0 aliphatic carbocycles. The molecule has 0 saturated carbocycles. The van der Waals surface area contributed by atoms with Gasteiger partial charge in [0, 0.05) is 19.8 Å². The average molecular weight is 307 g/mol. The molecule has 7 heteroatoms. The lowest BCUT2D eigenvalue weighted by molar-refractivity contribution is -0.117. The molecule has 0 heterocycles. The Balaban J connectivity index is 2.84. The summed E-state index contributed by atoms with van der Waals surface area (Å²) in [6, 6.07) is 2.58. The minimum Gasteiger partial charge on any atom is -0.396 e. The van der Waals surface area contributed by atoms with Crippen LogP contribution in [0.15, 0.2) is 12.1 Å². The van der Waals surface area contributed by atoms with E-state index in [9.17, 15) is 4.79 Å². The number of rotatable bonds is 5. The van der Waals surface area contributed by atoms with E-state index in [0.717, 1.165) is 0 Å². The molecule has 1 amide bonds. The number of benzene rings is 1. The van der Waals surface area contributed by atoms with E-state index in [0.29, 0.717) is 5.56 Å². The number of halogens is 2. The molecule has 0 aliphatic heterocycles. The fraction of sp³-hybridized carbons (Fsp3) is 0.417. The van der Waals surface area contributed by atoms with Crippen molar-refractivity contribution in [2.24, 2.45) is 0 Å². The van der Waals surface area contributed by atoms with Crippen LogP contribution in [0.4, 0.5) is 5.69 Å². The fourth-order valence-electron chi connectivity index (χ4n) is 1.58. The summed E-state index contributed by atoms with van der Waals surface area (Å²) in [4.78, 5) is 12.0. The number of methoxy groups -OCH3 is 2. The number of hydrogen-bond donors (Lipinski definition) is 2. The molecule has 0 saturated heterocycles. The monoisotopic (exact) mass is 306 g/mol. The van der Waals surface area contributed by atoms with Gasteiger partial charge in [0.15, 0.2) is 6.29 Å². The van der Waals surface area contributed by atoms with Gasteiger partial charge < -0.3 is 20.5 Å². The molecule has 5 nitrogen and oxygen atoms in total. The molecule has 1 aromatic rings. The van der Waals surface area contributed by atoms with Gasteiger partial charge >= 0.3 is 0 Å². The topological polar surface area (TPSA) is 73.6 Å². The molecule has 0 aliphatic rings. The molecule has 1 atom stereocenters. The molecular weight excluding hydrogens is 291 g/mol. The summed E-state index contributed by atoms with van der Waals surface area (Å²) in [7, 11) is 2.99. The summed E-state index contributed by atoms with van der Waals surface area (Å²) < 4.78 is 10.1. The Morgan fingerprint density at radius 2 is 1.74 bits per heavy atom. The second-order valence-corrected chi connectivity index (χ2v) is 4.77. The number of nitrogens with one attached hydrogen (secondary N) is 1. The van der Waals surface area contributed by atoms with Gasteiger partial charge in [-0.05, 0) is 19.1 Å². The van der Waals surface area contributed by atoms with Crippen LogP contribution in [0.1, 0.15) is 17.3 Å². The van der Waals surface area contributed by atoms with Gasteiger partial charge in [-0.3, -0.25) is 4.79 Å². The third-order valence-electron chi connectivity index (χ3n) is 2.57. The number of anilines is 1. The number of carbonyl (C=O) groups excluding carboxylic acids is 1. The van der Waals surface area contributed by atoms with Crippen molar-refractivity contribution in [1.82, 2.24) is 5.32 Å². The highest BCUT2D eigenvalue weighted by Crippen LogP contribution is 2.28. The van der Waals surface area contributed by atoms with Crippen molar-refractivity contribution in [3.8, 4) is 0 Å². The van der Waals surface area contributed by atoms with Gasteiger partial charge in [-0.25, -0.2) is 0 Å². The standard InChI is InChI=1S/C12H16Cl2N2O3/c1-6(12(18-2)19-3)16-11(17)7-4-8(13)10(15)9(14)5-7/h4-6,12H,15H2,1-3H3,(H,16,17). The number of nitrogens with two attached hydrogens (primary N) is 1. The number of carbonyl (C=O) groups is 1. The minimum atomic E-state index is -0.538. The van der Waals surface area contributed by atoms with Gasteiger partial charge in [-0.2, -0.15) is 0 Å². The van der Waals surface area contributed by atoms with Gasteiger partial charge in [-0.15, -0.1) is 0 Å². The highest BCUT2D eigenvalue weighted by molar-refractivity contribution is 6.39. The van der Waals surface area contributed by atoms with Crippen LogP contribution in [0, 0.1) is 0 Å². The lowest BCUT2D eigenvalue weighted by atomic mass is 10.1. The summed E-state index contributed by atoms with van der Waals surface area (Å²) in [6.45, 7) is 1.76. The summed E-state index contributed by atoms with van der Waals surface area (Å²) in [5.74, 6) is -0.338. The Morgan fingerprint density at radius 3 is 2.16 bits per heavy atom. The Labute approximate surface area is 122 Å². The maximum Gasteiger partial charge on any atom is 0.251 e. The summed E-state index contributed by atoms with van der Waals surface area (Å²) in [5.41, 5.74) is 6.18. The van der Waals surface area contributed by atoms with E-state index in [1.807, 2.05) is 0 Å². The summed E-state index contributed by atoms with van der Waals surface area (Å²) in [5, 5.41) is 3.20. The molecule has 1 unspecified atom stereocenters. The maximum atomic E-state index is 12.0. The van der Waals surface area contributed by atoms with E-state index in [1.165, 1.54) is 26.4 Å². The zero-order chi connectivity index (χ0) is 14.6. The molecular formula is C12H16Cl2N2O3. The first-order chi connectivity index (χ1) is 8.90. The predicted octanol–water partition coefficient (Wildman–Crippen LogP) is 2.31. The van der Waals surface area contributed by atoms with Crippen LogP contribution in [-0.4, -0.2) is 32.5 Å². The second kappa shape index (κ2) is 6.96. The van der Waals surface area contributed by atoms with Crippen molar-refractivity contribution < 1.29 is 14.3 Å². The number of nitrogen functional groups attached to an aromatic ring is 1. The summed E-state index contributed by atoms with van der Waals surface area (Å²) >= 11 is 11.8. The zero-order valence-electron chi connectivity index (χ0n) is 10.9. The lowest BCUT2D eigenvalue weighted by Crippen LogP contribution is -2.42. The van der Waals surface area contributed by atoms with Crippen molar-refractivity contribution >= 4 is 34.8 Å². The molecule has 1 rings (SSSR count). The Kier molecular flexibility index (Phi) is 5.87. The van der Waals surface area contributed by atoms with Crippen molar-refractivity contribution in [2.75, 3.05) is 20.0 Å². The number of amides is 1. The van der Waals surface area contributed by atoms with Gasteiger partial charge in [0.05, 0.1) is 21.8 Å².